The molecule has 2 fully saturated rings. The zero-order valence-corrected chi connectivity index (χ0v) is 14.3. The minimum absolute atomic E-state index is 0.311. The lowest BCUT2D eigenvalue weighted by Gasteiger charge is -2.22. The van der Waals surface area contributed by atoms with E-state index < -0.39 is 0 Å². The van der Waals surface area contributed by atoms with Gasteiger partial charge in [-0.2, -0.15) is 5.10 Å². The van der Waals surface area contributed by atoms with Crippen molar-refractivity contribution in [3.05, 3.63) is 41.6 Å². The van der Waals surface area contributed by atoms with Crippen molar-refractivity contribution in [2.45, 2.75) is 51.7 Å². The summed E-state index contributed by atoms with van der Waals surface area (Å²) in [4.78, 5) is 0. The molecule has 0 radical (unpaired) electrons. The van der Waals surface area contributed by atoms with Gasteiger partial charge in [0.1, 0.15) is 0 Å². The number of ether oxygens (including phenoxy) is 1. The van der Waals surface area contributed by atoms with Gasteiger partial charge in [0, 0.05) is 29.8 Å². The van der Waals surface area contributed by atoms with E-state index in [1.807, 2.05) is 4.68 Å². The van der Waals surface area contributed by atoms with E-state index in [0.717, 1.165) is 36.4 Å². The van der Waals surface area contributed by atoms with Crippen LogP contribution in [0.2, 0.25) is 0 Å². The summed E-state index contributed by atoms with van der Waals surface area (Å²) in [5, 5.41) is 4.79. The first kappa shape index (κ1) is 15.5. The third-order valence-corrected chi connectivity index (χ3v) is 4.77. The maximum atomic E-state index is 5.83. The fourth-order valence-corrected chi connectivity index (χ4v) is 3.18. The topological polar surface area (TPSA) is 27.1 Å². The lowest BCUT2D eigenvalue weighted by molar-refractivity contribution is 0.00402. The Morgan fingerprint density at radius 2 is 2.00 bits per heavy atom. The Labute approximate surface area is 144 Å². The van der Waals surface area contributed by atoms with E-state index in [-0.39, 0.29) is 0 Å². The molecule has 0 N–H and O–H groups in total. The smallest absolute Gasteiger partial charge is 0.0952 e. The molecule has 124 valence electrons. The largest absolute Gasteiger partial charge is 0.376 e. The van der Waals surface area contributed by atoms with Crippen LogP contribution in [0.1, 0.15) is 43.2 Å². The van der Waals surface area contributed by atoms with E-state index in [1.165, 1.54) is 31.2 Å². The second-order valence-electron chi connectivity index (χ2n) is 6.99. The zero-order chi connectivity index (χ0) is 16.4. The van der Waals surface area contributed by atoms with Crippen molar-refractivity contribution in [1.29, 1.82) is 0 Å². The van der Waals surface area contributed by atoms with Gasteiger partial charge in [0.25, 0.3) is 0 Å². The lowest BCUT2D eigenvalue weighted by Crippen LogP contribution is -2.24. The lowest BCUT2D eigenvalue weighted by atomic mass is 10.1. The normalized spacial score (nSPS) is 20.5. The molecular weight excluding hydrogens is 296 g/mol. The molecule has 1 unspecified atom stereocenters. The molecule has 2 heterocycles. The summed E-state index contributed by atoms with van der Waals surface area (Å²) in [5.41, 5.74) is 4.53. The van der Waals surface area contributed by atoms with Crippen LogP contribution in [-0.4, -0.2) is 22.5 Å². The monoisotopic (exact) mass is 320 g/mol. The molecule has 1 aromatic carbocycles. The van der Waals surface area contributed by atoms with E-state index in [4.69, 9.17) is 9.84 Å². The third kappa shape index (κ3) is 3.71. The van der Waals surface area contributed by atoms with Crippen molar-refractivity contribution in [3.8, 4) is 23.1 Å². The van der Waals surface area contributed by atoms with Crippen molar-refractivity contribution in [1.82, 2.24) is 9.78 Å². The van der Waals surface area contributed by atoms with E-state index in [1.54, 1.807) is 0 Å². The van der Waals surface area contributed by atoms with E-state index in [2.05, 4.69) is 49.2 Å². The molecule has 0 amide bonds. The maximum Gasteiger partial charge on any atom is 0.0952 e. The van der Waals surface area contributed by atoms with Gasteiger partial charge in [0.2, 0.25) is 0 Å². The molecule has 3 nitrogen and oxygen atoms in total. The highest BCUT2D eigenvalue weighted by Gasteiger charge is 2.18. The van der Waals surface area contributed by atoms with Gasteiger partial charge < -0.3 is 4.74 Å². The third-order valence-electron chi connectivity index (χ3n) is 4.77. The summed E-state index contributed by atoms with van der Waals surface area (Å²) < 4.78 is 7.87. The average molecular weight is 320 g/mol. The van der Waals surface area contributed by atoms with Crippen molar-refractivity contribution < 1.29 is 4.74 Å². The molecule has 1 saturated heterocycles. The number of aromatic nitrogens is 2. The van der Waals surface area contributed by atoms with Crippen LogP contribution in [0.5, 0.6) is 0 Å². The predicted octanol–water partition coefficient (Wildman–Crippen LogP) is 4.19. The van der Waals surface area contributed by atoms with E-state index in [9.17, 15) is 0 Å². The van der Waals surface area contributed by atoms with Gasteiger partial charge in [-0.3, -0.25) is 4.68 Å². The van der Waals surface area contributed by atoms with E-state index >= 15 is 0 Å². The molecule has 3 heteroatoms. The standard InChI is InChI=1S/C21H24N2O/c1-16-14-23(15-20-4-2-3-13-24-20)22-21(16)19-11-9-18(10-12-19)8-7-17-5-6-17/h9-12,14,17,20H,2-6,13,15H2,1H3. The van der Waals surface area contributed by atoms with Crippen molar-refractivity contribution in [2.24, 2.45) is 5.92 Å². The number of hydrogen-bond donors (Lipinski definition) is 0. The van der Waals surface area contributed by atoms with Gasteiger partial charge in [-0.15, -0.1) is 0 Å². The van der Waals surface area contributed by atoms with Gasteiger partial charge in [-0.1, -0.05) is 24.0 Å². The minimum atomic E-state index is 0.311. The van der Waals surface area contributed by atoms with Gasteiger partial charge in [0.15, 0.2) is 0 Å². The molecular formula is C21H24N2O. The SMILES string of the molecule is Cc1cn(CC2CCCCO2)nc1-c1ccc(C#CC2CC2)cc1. The highest BCUT2D eigenvalue weighted by atomic mass is 16.5. The molecule has 2 aliphatic rings. The first-order chi connectivity index (χ1) is 11.8. The number of aryl methyl sites for hydroxylation is 1. The van der Waals surface area contributed by atoms with Crippen LogP contribution in [0.25, 0.3) is 11.3 Å². The van der Waals surface area contributed by atoms with Crippen LogP contribution in [0.4, 0.5) is 0 Å². The van der Waals surface area contributed by atoms with Crippen molar-refractivity contribution in [3.63, 3.8) is 0 Å². The molecule has 1 atom stereocenters. The number of benzene rings is 1. The molecule has 2 aromatic rings. The van der Waals surface area contributed by atoms with Crippen molar-refractivity contribution in [2.75, 3.05) is 6.61 Å². The van der Waals surface area contributed by atoms with Crippen LogP contribution < -0.4 is 0 Å². The summed E-state index contributed by atoms with van der Waals surface area (Å²) in [6, 6.07) is 8.47. The van der Waals surface area contributed by atoms with Crippen LogP contribution in [-0.2, 0) is 11.3 Å². The number of hydrogen-bond acceptors (Lipinski definition) is 2. The summed E-state index contributed by atoms with van der Waals surface area (Å²) in [6.07, 6.45) is 8.58. The minimum Gasteiger partial charge on any atom is -0.376 e. The highest BCUT2D eigenvalue weighted by Crippen LogP contribution is 2.28. The molecule has 1 saturated carbocycles. The zero-order valence-electron chi connectivity index (χ0n) is 14.3. The Morgan fingerprint density at radius 1 is 1.17 bits per heavy atom. The van der Waals surface area contributed by atoms with Gasteiger partial charge in [-0.05, 0) is 56.7 Å². The molecule has 24 heavy (non-hydrogen) atoms. The Morgan fingerprint density at radius 3 is 2.71 bits per heavy atom. The second kappa shape index (κ2) is 6.83. The van der Waals surface area contributed by atoms with Gasteiger partial charge >= 0.3 is 0 Å². The van der Waals surface area contributed by atoms with Gasteiger partial charge in [0.05, 0.1) is 18.3 Å². The summed E-state index contributed by atoms with van der Waals surface area (Å²) in [7, 11) is 0. The van der Waals surface area contributed by atoms with Crippen LogP contribution >= 0.6 is 0 Å². The average Bonchev–Trinajstić information content (AvgIpc) is 3.37. The Hall–Kier alpha value is -2.05. The first-order valence-corrected chi connectivity index (χ1v) is 9.05. The van der Waals surface area contributed by atoms with Crippen molar-refractivity contribution >= 4 is 0 Å². The van der Waals surface area contributed by atoms with E-state index in [0.29, 0.717) is 12.0 Å². The van der Waals surface area contributed by atoms with Crippen LogP contribution in [0, 0.1) is 24.7 Å². The number of nitrogens with zero attached hydrogens (tertiary/aromatic N) is 2. The molecule has 1 aliphatic carbocycles. The predicted molar refractivity (Wildman–Crippen MR) is 95.6 cm³/mol. The fraction of sp³-hybridized carbons (Fsp3) is 0.476. The molecule has 0 spiro atoms. The Balaban J connectivity index is 1.48. The quantitative estimate of drug-likeness (QED) is 0.793. The summed E-state index contributed by atoms with van der Waals surface area (Å²) in [5.74, 6) is 7.22. The van der Waals surface area contributed by atoms with Gasteiger partial charge in [-0.25, -0.2) is 0 Å². The number of rotatable bonds is 3. The first-order valence-electron chi connectivity index (χ1n) is 9.05. The van der Waals surface area contributed by atoms with Crippen LogP contribution in [0.3, 0.4) is 0 Å². The van der Waals surface area contributed by atoms with Crippen LogP contribution in [0.15, 0.2) is 30.5 Å². The molecule has 1 aliphatic heterocycles. The Kier molecular flexibility index (Phi) is 4.40. The second-order valence-corrected chi connectivity index (χ2v) is 6.99. The maximum absolute atomic E-state index is 5.83. The molecule has 4 rings (SSSR count). The highest BCUT2D eigenvalue weighted by molar-refractivity contribution is 5.63. The fourth-order valence-electron chi connectivity index (χ4n) is 3.18. The molecule has 0 bridgehead atoms. The Bertz CT molecular complexity index is 753. The summed E-state index contributed by atoms with van der Waals surface area (Å²) in [6.45, 7) is 3.87. The summed E-state index contributed by atoms with van der Waals surface area (Å²) >= 11 is 0. The molecule has 1 aromatic heterocycles.